The van der Waals surface area contributed by atoms with Crippen LogP contribution < -0.4 is 4.90 Å². The zero-order chi connectivity index (χ0) is 15.0. The first-order valence-corrected chi connectivity index (χ1v) is 8.38. The summed E-state index contributed by atoms with van der Waals surface area (Å²) in [6.45, 7) is 1.50. The van der Waals surface area contributed by atoms with Crippen molar-refractivity contribution in [3.8, 4) is 0 Å². The predicted molar refractivity (Wildman–Crippen MR) is 82.2 cm³/mol. The highest BCUT2D eigenvalue weighted by molar-refractivity contribution is 7.90. The van der Waals surface area contributed by atoms with Crippen molar-refractivity contribution < 1.29 is 9.29 Å². The third-order valence-electron chi connectivity index (χ3n) is 3.57. The molecule has 1 saturated heterocycles. The Morgan fingerprint density at radius 3 is 2.81 bits per heavy atom. The number of ether oxygens (including phenoxy) is 1. The van der Waals surface area contributed by atoms with E-state index in [0.717, 1.165) is 35.4 Å². The number of nitrogens with zero attached hydrogens (tertiary/aromatic N) is 4. The molecule has 0 bridgehead atoms. The van der Waals surface area contributed by atoms with E-state index in [4.69, 9.17) is 9.72 Å². The molecule has 0 aromatic carbocycles. The summed E-state index contributed by atoms with van der Waals surface area (Å²) in [5, 5.41) is 1.26. The first-order chi connectivity index (χ1) is 10.1. The van der Waals surface area contributed by atoms with Crippen molar-refractivity contribution in [2.24, 2.45) is 0 Å². The highest BCUT2D eigenvalue weighted by Gasteiger charge is 2.22. The van der Waals surface area contributed by atoms with E-state index in [-0.39, 0.29) is 0 Å². The molecule has 0 spiro atoms. The topological polar surface area (TPSA) is 74.2 Å². The number of aromatic nitrogens is 3. The van der Waals surface area contributed by atoms with Crippen molar-refractivity contribution in [3.05, 3.63) is 18.0 Å². The Kier molecular flexibility index (Phi) is 3.97. The second-order valence-corrected chi connectivity index (χ2v) is 6.64. The number of rotatable bonds is 3. The van der Waals surface area contributed by atoms with Gasteiger partial charge in [-0.2, -0.15) is 9.97 Å². The molecule has 112 valence electrons. The summed E-state index contributed by atoms with van der Waals surface area (Å²) in [6, 6.07) is 2.02. The van der Waals surface area contributed by atoms with Crippen molar-refractivity contribution in [2.75, 3.05) is 38.5 Å². The van der Waals surface area contributed by atoms with Gasteiger partial charge in [0, 0.05) is 55.1 Å². The zero-order valence-electron chi connectivity index (χ0n) is 12.4. The molecule has 2 aromatic heterocycles. The van der Waals surface area contributed by atoms with Gasteiger partial charge in [0.05, 0.1) is 6.61 Å². The highest BCUT2D eigenvalue weighted by Crippen LogP contribution is 2.30. The molecule has 2 atom stereocenters. The quantitative estimate of drug-likeness (QED) is 0.629. The van der Waals surface area contributed by atoms with E-state index in [0.29, 0.717) is 17.7 Å². The van der Waals surface area contributed by atoms with Crippen LogP contribution in [-0.4, -0.2) is 53.1 Å². The Morgan fingerprint density at radius 1 is 1.38 bits per heavy atom. The fourth-order valence-corrected chi connectivity index (χ4v) is 2.87. The molecule has 0 amide bonds. The van der Waals surface area contributed by atoms with Gasteiger partial charge in [-0.25, -0.2) is 4.98 Å². The average molecular weight is 306 g/mol. The summed E-state index contributed by atoms with van der Waals surface area (Å²) in [7, 11) is 3.86. The van der Waals surface area contributed by atoms with Crippen LogP contribution in [0.4, 0.5) is 5.82 Å². The van der Waals surface area contributed by atoms with Gasteiger partial charge in [0.15, 0.2) is 5.82 Å². The van der Waals surface area contributed by atoms with Crippen LogP contribution in [0, 0.1) is 0 Å². The smallest absolute Gasteiger partial charge is 0.343 e. The van der Waals surface area contributed by atoms with E-state index in [2.05, 4.69) is 9.97 Å². The van der Waals surface area contributed by atoms with Gasteiger partial charge in [-0.05, 0) is 12.5 Å². The predicted octanol–water partition coefficient (Wildman–Crippen LogP) is 1.33. The molecule has 6 nitrogen and oxygen atoms in total. The highest BCUT2D eigenvalue weighted by atomic mass is 32.2. The van der Waals surface area contributed by atoms with Crippen molar-refractivity contribution in [3.63, 3.8) is 0 Å². The van der Waals surface area contributed by atoms with Gasteiger partial charge >= 0.3 is 5.16 Å². The van der Waals surface area contributed by atoms with Crippen LogP contribution in [0.1, 0.15) is 18.0 Å². The first-order valence-electron chi connectivity index (χ1n) is 6.82. The van der Waals surface area contributed by atoms with E-state index >= 15 is 0 Å². The van der Waals surface area contributed by atoms with Crippen molar-refractivity contribution in [2.45, 2.75) is 17.5 Å². The third-order valence-corrected chi connectivity index (χ3v) is 4.28. The zero-order valence-corrected chi connectivity index (χ0v) is 13.2. The molecule has 3 heterocycles. The molecule has 1 aliphatic rings. The molecule has 0 radical (unpaired) electrons. The summed E-state index contributed by atoms with van der Waals surface area (Å²) in [6.07, 6.45) is 4.30. The molecule has 2 aromatic rings. The number of hydrogen-bond donors (Lipinski definition) is 0. The summed E-state index contributed by atoms with van der Waals surface area (Å²) in [5.41, 5.74) is 1.75. The molecule has 7 heteroatoms. The van der Waals surface area contributed by atoms with Crippen LogP contribution in [0.15, 0.2) is 17.4 Å². The minimum absolute atomic E-state index is 0.327. The van der Waals surface area contributed by atoms with Gasteiger partial charge in [0.1, 0.15) is 11.8 Å². The van der Waals surface area contributed by atoms with E-state index in [1.807, 2.05) is 25.1 Å². The minimum atomic E-state index is -1.20. The normalized spacial score (nSPS) is 19.9. The molecule has 3 rings (SSSR count). The first kappa shape index (κ1) is 14.5. The monoisotopic (exact) mass is 306 g/mol. The van der Waals surface area contributed by atoms with Gasteiger partial charge < -0.3 is 14.2 Å². The van der Waals surface area contributed by atoms with Gasteiger partial charge in [-0.1, -0.05) is 0 Å². The summed E-state index contributed by atoms with van der Waals surface area (Å²) in [5.74, 6) is 1.11. The molecule has 0 aliphatic carbocycles. The Bertz CT molecular complexity index is 657. The number of anilines is 1. The van der Waals surface area contributed by atoms with Crippen LogP contribution >= 0.6 is 0 Å². The molecule has 21 heavy (non-hydrogen) atoms. The second-order valence-electron chi connectivity index (χ2n) is 5.37. The van der Waals surface area contributed by atoms with Gasteiger partial charge in [0.2, 0.25) is 0 Å². The van der Waals surface area contributed by atoms with Crippen molar-refractivity contribution in [1.29, 1.82) is 0 Å². The largest absolute Gasteiger partial charge is 0.609 e. The molecule has 1 aliphatic heterocycles. The van der Waals surface area contributed by atoms with Gasteiger partial charge in [-0.15, -0.1) is 0 Å². The molecule has 0 saturated carbocycles. The van der Waals surface area contributed by atoms with Crippen LogP contribution in [0.2, 0.25) is 0 Å². The molecular formula is C14H18N4O2S. The maximum Gasteiger partial charge on any atom is 0.343 e. The maximum atomic E-state index is 11.6. The molecular weight excluding hydrogens is 288 g/mol. The molecule has 2 unspecified atom stereocenters. The van der Waals surface area contributed by atoms with Crippen LogP contribution in [0.5, 0.6) is 0 Å². The molecule has 1 fully saturated rings. The summed E-state index contributed by atoms with van der Waals surface area (Å²) < 4.78 is 17.0. The lowest BCUT2D eigenvalue weighted by molar-refractivity contribution is 0.193. The van der Waals surface area contributed by atoms with E-state index in [1.165, 1.54) is 0 Å². The van der Waals surface area contributed by atoms with Crippen molar-refractivity contribution >= 4 is 27.9 Å². The van der Waals surface area contributed by atoms with Crippen LogP contribution in [-0.2, 0) is 15.9 Å². The number of fused-ring (bicyclic) bond motifs is 1. The standard InChI is InChI=1S/C14H18N4O2S/c1-18(2)13-12-10(7-15-14(17-12)21(3)19)6-11(16-13)9-4-5-20-8-9/h6-7,9H,4-5,8H2,1-3H3. The van der Waals surface area contributed by atoms with Gasteiger partial charge in [0.25, 0.3) is 0 Å². The lowest BCUT2D eigenvalue weighted by Crippen LogP contribution is -2.15. The Hall–Kier alpha value is -1.44. The summed E-state index contributed by atoms with van der Waals surface area (Å²) in [4.78, 5) is 15.3. The third kappa shape index (κ3) is 2.81. The Morgan fingerprint density at radius 2 is 2.19 bits per heavy atom. The van der Waals surface area contributed by atoms with Gasteiger partial charge in [-0.3, -0.25) is 0 Å². The van der Waals surface area contributed by atoms with Crippen LogP contribution in [0.25, 0.3) is 10.9 Å². The average Bonchev–Trinajstić information content (AvgIpc) is 2.99. The van der Waals surface area contributed by atoms with Crippen LogP contribution in [0.3, 0.4) is 0 Å². The second kappa shape index (κ2) is 5.75. The Labute approximate surface area is 126 Å². The lowest BCUT2D eigenvalue weighted by atomic mass is 10.0. The molecule has 0 N–H and O–H groups in total. The fraction of sp³-hybridized carbons (Fsp3) is 0.500. The SMILES string of the molecule is CN(C)c1nc(C2CCOC2)cc2cnc([S+](C)[O-])nc12. The lowest BCUT2D eigenvalue weighted by Gasteiger charge is -2.17. The Balaban J connectivity index is 2.15. The fourth-order valence-electron chi connectivity index (χ4n) is 2.45. The van der Waals surface area contributed by atoms with E-state index in [9.17, 15) is 4.55 Å². The van der Waals surface area contributed by atoms with Crippen molar-refractivity contribution in [1.82, 2.24) is 15.0 Å². The minimum Gasteiger partial charge on any atom is -0.609 e. The number of hydrogen-bond acceptors (Lipinski definition) is 6. The maximum absolute atomic E-state index is 11.6. The number of pyridine rings is 1. The van der Waals surface area contributed by atoms with E-state index < -0.39 is 11.2 Å². The summed E-state index contributed by atoms with van der Waals surface area (Å²) >= 11 is -1.20. The van der Waals surface area contributed by atoms with E-state index in [1.54, 1.807) is 12.5 Å².